The van der Waals surface area contributed by atoms with Gasteiger partial charge in [-0.1, -0.05) is 99.4 Å². The van der Waals surface area contributed by atoms with E-state index in [1.807, 2.05) is 64.5 Å². The number of halogens is 3. The molecular formula is C47H49BCl2IN3OSi. The van der Waals surface area contributed by atoms with Crippen molar-refractivity contribution < 1.29 is 4.74 Å². The van der Waals surface area contributed by atoms with Crippen LogP contribution >= 0.6 is 45.5 Å². The van der Waals surface area contributed by atoms with Crippen molar-refractivity contribution in [2.75, 3.05) is 7.11 Å². The summed E-state index contributed by atoms with van der Waals surface area (Å²) in [6.45, 7) is 8.86. The van der Waals surface area contributed by atoms with Gasteiger partial charge < -0.3 is 18.4 Å². The van der Waals surface area contributed by atoms with Gasteiger partial charge in [0.15, 0.2) is 0 Å². The van der Waals surface area contributed by atoms with Gasteiger partial charge in [0, 0.05) is 82.3 Å². The number of aromatic nitrogens is 3. The van der Waals surface area contributed by atoms with Gasteiger partial charge in [-0.25, -0.2) is 0 Å². The van der Waals surface area contributed by atoms with E-state index in [0.29, 0.717) is 0 Å². The summed E-state index contributed by atoms with van der Waals surface area (Å²) in [5, 5.41) is 5.47. The second-order valence-electron chi connectivity index (χ2n) is 13.2. The molecule has 0 bridgehead atoms. The Morgan fingerprint density at radius 3 is 1.55 bits per heavy atom. The Hall–Kier alpha value is -4.43. The summed E-state index contributed by atoms with van der Waals surface area (Å²) in [6, 6.07) is 44.2. The molecule has 3 aromatic heterocycles. The van der Waals surface area contributed by atoms with Crippen LogP contribution in [-0.4, -0.2) is 34.4 Å². The number of hydrogen-bond donors (Lipinski definition) is 0. The van der Waals surface area contributed by atoms with Crippen LogP contribution in [0.2, 0.25) is 18.1 Å². The predicted octanol–water partition coefficient (Wildman–Crippen LogP) is 11.5. The number of aryl methyl sites for hydroxylation is 3. The lowest BCUT2D eigenvalue weighted by Crippen LogP contribution is -2.48. The molecule has 0 unspecified atom stereocenters. The Balaban J connectivity index is 0.000000172. The highest BCUT2D eigenvalue weighted by molar-refractivity contribution is 14.1. The molecule has 0 aliphatic heterocycles. The van der Waals surface area contributed by atoms with E-state index in [1.54, 1.807) is 19.4 Å². The molecule has 0 atom stereocenters. The zero-order valence-electron chi connectivity index (χ0n) is 33.6. The Labute approximate surface area is 358 Å². The molecule has 7 aromatic rings. The molecule has 56 heavy (non-hydrogen) atoms. The van der Waals surface area contributed by atoms with Gasteiger partial charge in [-0.15, -0.1) is 0 Å². The minimum Gasteiger partial charge on any atom is -0.497 e. The molecule has 7 rings (SSSR count). The number of rotatable bonds is 7. The first kappa shape index (κ1) is 44.3. The number of nitrogens with zero attached hydrogens (tertiary/aromatic N) is 3. The monoisotopic (exact) mass is 907 g/mol. The highest BCUT2D eigenvalue weighted by Crippen LogP contribution is 2.28. The van der Waals surface area contributed by atoms with Crippen LogP contribution in [0.3, 0.4) is 0 Å². The van der Waals surface area contributed by atoms with Gasteiger partial charge in [0.2, 0.25) is 0 Å². The van der Waals surface area contributed by atoms with Crippen LogP contribution in [0.25, 0.3) is 44.0 Å². The smallest absolute Gasteiger partial charge is 0.398 e. The first-order valence-corrected chi connectivity index (χ1v) is 23.3. The second kappa shape index (κ2) is 21.8. The van der Waals surface area contributed by atoms with Gasteiger partial charge in [-0.2, -0.15) is 22.9 Å². The first-order chi connectivity index (χ1) is 27.1. The van der Waals surface area contributed by atoms with E-state index in [9.17, 15) is 0 Å². The fraction of sp³-hybridized carbons (Fsp3) is 0.234. The standard InChI is InChI=1S/C16H15NO.C15H23NSi.C9H8BCl2N.C7H3I/c1-17-15-6-4-3-5-13(15)11-16(17)12-7-9-14(18-2)10-8-12;1-5-17(6-2,7-3)15-12-13-10-8-9-11-14(13)16(15)4;1-13-8-5-3-2-4-7(8)6-9(13)10(11)12;1-2-3-4-5-6-7-8/h3-11H,1-2H3;8-12H,5-7H2,1-4H3;2-6H,1H3;1H3. The number of hydrogen-bond acceptors (Lipinski definition) is 1. The van der Waals surface area contributed by atoms with Crippen LogP contribution in [0.1, 0.15) is 27.7 Å². The quantitative estimate of drug-likeness (QED) is 0.0888. The summed E-state index contributed by atoms with van der Waals surface area (Å²) in [6.07, 6.45) is 0. The van der Waals surface area contributed by atoms with Crippen LogP contribution in [0.4, 0.5) is 0 Å². The fourth-order valence-corrected chi connectivity index (χ4v) is 11.5. The van der Waals surface area contributed by atoms with Crippen molar-refractivity contribution in [3.05, 3.63) is 115 Å². The minimum atomic E-state index is -1.26. The maximum absolute atomic E-state index is 5.82. The fourth-order valence-electron chi connectivity index (χ4n) is 7.09. The number of benzene rings is 4. The lowest BCUT2D eigenvalue weighted by Gasteiger charge is -2.28. The number of methoxy groups -OCH3 is 1. The van der Waals surface area contributed by atoms with Crippen molar-refractivity contribution in [2.24, 2.45) is 21.1 Å². The molecule has 0 aliphatic carbocycles. The summed E-state index contributed by atoms with van der Waals surface area (Å²) >= 11 is 13.6. The van der Waals surface area contributed by atoms with E-state index in [1.165, 1.54) is 56.6 Å². The van der Waals surface area contributed by atoms with E-state index in [4.69, 9.17) is 27.7 Å². The van der Waals surface area contributed by atoms with Gasteiger partial charge in [-0.05, 0) is 112 Å². The predicted molar refractivity (Wildman–Crippen MR) is 258 cm³/mol. The molecule has 4 nitrogen and oxygen atoms in total. The molecule has 0 fully saturated rings. The Bertz CT molecular complexity index is 2520. The van der Waals surface area contributed by atoms with Gasteiger partial charge in [0.05, 0.1) is 7.11 Å². The third-order valence-electron chi connectivity index (χ3n) is 10.4. The molecule has 0 radical (unpaired) electrons. The van der Waals surface area contributed by atoms with Crippen LogP contribution in [-0.2, 0) is 21.1 Å². The molecule has 0 saturated heterocycles. The van der Waals surface area contributed by atoms with Crippen LogP contribution < -0.4 is 15.6 Å². The number of ether oxygens (including phenoxy) is 1. The molecule has 286 valence electrons. The third kappa shape index (κ3) is 10.7. The summed E-state index contributed by atoms with van der Waals surface area (Å²) in [5.41, 5.74) is 6.69. The lowest BCUT2D eigenvalue weighted by atomic mass is 10.0. The Morgan fingerprint density at radius 2 is 1.11 bits per heavy atom. The highest BCUT2D eigenvalue weighted by Gasteiger charge is 2.32. The van der Waals surface area contributed by atoms with Crippen molar-refractivity contribution in [3.63, 3.8) is 0 Å². The van der Waals surface area contributed by atoms with Crippen molar-refractivity contribution in [3.8, 4) is 50.5 Å². The number of fused-ring (bicyclic) bond motifs is 3. The van der Waals surface area contributed by atoms with Gasteiger partial charge >= 0.3 is 5.54 Å². The normalized spacial score (nSPS) is 10.2. The van der Waals surface area contributed by atoms with Crippen molar-refractivity contribution in [1.82, 2.24) is 13.7 Å². The van der Waals surface area contributed by atoms with Gasteiger partial charge in [-0.3, -0.25) is 0 Å². The second-order valence-corrected chi connectivity index (χ2v) is 20.0. The zero-order valence-corrected chi connectivity index (χ0v) is 38.2. The largest absolute Gasteiger partial charge is 0.497 e. The third-order valence-corrected chi connectivity index (χ3v) is 16.8. The minimum absolute atomic E-state index is 0.461. The lowest BCUT2D eigenvalue weighted by molar-refractivity contribution is 0.415. The molecule has 0 amide bonds. The van der Waals surface area contributed by atoms with Gasteiger partial charge in [0.1, 0.15) is 13.8 Å². The molecule has 9 heteroatoms. The first-order valence-electron chi connectivity index (χ1n) is 18.7. The molecular weight excluding hydrogens is 859 g/mol. The molecule has 3 heterocycles. The highest BCUT2D eigenvalue weighted by atomic mass is 127. The molecule has 0 saturated carbocycles. The number of para-hydroxylation sites is 3. The van der Waals surface area contributed by atoms with E-state index in [0.717, 1.165) is 16.9 Å². The average Bonchev–Trinajstić information content (AvgIpc) is 3.89. The SMILES string of the molecule is CC#CC#CC#CI.CC[Si](CC)(CC)c1cc2ccccc2n1C.COc1ccc(-c2cc3ccccc3n2C)cc1.Cn1c(B(Cl)Cl)cc2ccccc21. The zero-order chi connectivity index (χ0) is 40.7. The van der Waals surface area contributed by atoms with Crippen LogP contribution in [0.15, 0.2) is 115 Å². The topological polar surface area (TPSA) is 24.0 Å². The molecule has 4 aromatic carbocycles. The summed E-state index contributed by atoms with van der Waals surface area (Å²) in [7, 11) is 6.73. The molecule has 0 N–H and O–H groups in total. The summed E-state index contributed by atoms with van der Waals surface area (Å²) in [5.74, 6) is 13.7. The molecule has 0 spiro atoms. The maximum Gasteiger partial charge on any atom is 0.398 e. The van der Waals surface area contributed by atoms with Crippen molar-refractivity contribution in [2.45, 2.75) is 45.8 Å². The van der Waals surface area contributed by atoms with Crippen molar-refractivity contribution >= 4 is 103 Å². The van der Waals surface area contributed by atoms with E-state index >= 15 is 0 Å². The summed E-state index contributed by atoms with van der Waals surface area (Å²) in [4.78, 5) is 0. The van der Waals surface area contributed by atoms with Crippen LogP contribution in [0, 0.1) is 33.5 Å². The van der Waals surface area contributed by atoms with Crippen LogP contribution in [0.5, 0.6) is 5.75 Å². The van der Waals surface area contributed by atoms with Crippen molar-refractivity contribution in [1.29, 1.82) is 0 Å². The molecule has 0 aliphatic rings. The Morgan fingerprint density at radius 1 is 0.625 bits per heavy atom. The van der Waals surface area contributed by atoms with E-state index in [2.05, 4.69) is 162 Å². The van der Waals surface area contributed by atoms with E-state index in [-0.39, 0.29) is 0 Å². The Kier molecular flexibility index (Phi) is 17.2. The summed E-state index contributed by atoms with van der Waals surface area (Å²) < 4.78 is 14.5. The average molecular weight is 909 g/mol. The van der Waals surface area contributed by atoms with Gasteiger partial charge in [0.25, 0.3) is 0 Å². The maximum atomic E-state index is 5.82. The van der Waals surface area contributed by atoms with E-state index < -0.39 is 13.6 Å².